The van der Waals surface area contributed by atoms with Gasteiger partial charge in [-0.05, 0) is 31.5 Å². The number of amides is 1. The Bertz CT molecular complexity index is 1720. The standard InChI is InChI=1S/C28H31N7O5S2/c1-18(31-25-23-9-5-8-22(24(23)29-17-30-25)21-7-4-6-20(14-21)16-36)15-34-10-12-35(13-11-34)42(38,39)26-19(2)32-27(41-26)33-28(37)40-3/h4-9,14,16-18H,10-13,15H2,1-3H3,(H,29,30,31)(H,32,33,37). The van der Waals surface area contributed by atoms with Crippen molar-refractivity contribution in [3.63, 3.8) is 0 Å². The lowest BCUT2D eigenvalue weighted by atomic mass is 10.0. The van der Waals surface area contributed by atoms with Crippen LogP contribution in [0.15, 0.2) is 53.0 Å². The Hall–Kier alpha value is -3.98. The van der Waals surface area contributed by atoms with Crippen molar-refractivity contribution in [3.8, 4) is 11.1 Å². The first-order valence-electron chi connectivity index (χ1n) is 13.3. The second-order valence-electron chi connectivity index (χ2n) is 9.93. The largest absolute Gasteiger partial charge is 0.453 e. The van der Waals surface area contributed by atoms with Gasteiger partial charge in [-0.15, -0.1) is 0 Å². The molecule has 4 aromatic rings. The first kappa shape index (κ1) is 29.5. The average molecular weight is 610 g/mol. The molecule has 1 amide bonds. The van der Waals surface area contributed by atoms with Crippen molar-refractivity contribution in [2.45, 2.75) is 24.1 Å². The van der Waals surface area contributed by atoms with E-state index in [4.69, 9.17) is 0 Å². The highest BCUT2D eigenvalue weighted by atomic mass is 32.2. The monoisotopic (exact) mass is 609 g/mol. The van der Waals surface area contributed by atoms with Crippen molar-refractivity contribution in [1.29, 1.82) is 0 Å². The summed E-state index contributed by atoms with van der Waals surface area (Å²) in [5.74, 6) is 0.708. The first-order chi connectivity index (χ1) is 20.2. The van der Waals surface area contributed by atoms with E-state index in [0.29, 0.717) is 49.8 Å². The SMILES string of the molecule is COC(=O)Nc1nc(C)c(S(=O)(=O)N2CCN(CC(C)Nc3ncnc4c(-c5cccc(C=O)c5)cccc34)CC2)s1. The number of aryl methyl sites for hydroxylation is 1. The number of methoxy groups -OCH3 is 1. The van der Waals surface area contributed by atoms with Gasteiger partial charge in [0.15, 0.2) is 9.34 Å². The first-order valence-corrected chi connectivity index (χ1v) is 15.6. The number of nitrogens with zero attached hydrogens (tertiary/aromatic N) is 5. The molecule has 1 atom stereocenters. The van der Waals surface area contributed by atoms with Gasteiger partial charge >= 0.3 is 6.09 Å². The molecule has 1 saturated heterocycles. The Labute approximate surface area is 247 Å². The number of ether oxygens (including phenoxy) is 1. The van der Waals surface area contributed by atoms with Crippen LogP contribution in [0.5, 0.6) is 0 Å². The van der Waals surface area contributed by atoms with E-state index in [0.717, 1.165) is 39.7 Å². The number of para-hydroxylation sites is 1. The van der Waals surface area contributed by atoms with E-state index in [9.17, 15) is 18.0 Å². The Kier molecular flexibility index (Phi) is 8.77. The molecule has 2 N–H and O–H groups in total. The highest BCUT2D eigenvalue weighted by Crippen LogP contribution is 2.32. The number of sulfonamides is 1. The molecular formula is C28H31N7O5S2. The van der Waals surface area contributed by atoms with Crippen molar-refractivity contribution >= 4 is 55.6 Å². The Morgan fingerprint density at radius 2 is 1.90 bits per heavy atom. The summed E-state index contributed by atoms with van der Waals surface area (Å²) in [6.45, 7) is 6.17. The van der Waals surface area contributed by atoms with E-state index >= 15 is 0 Å². The van der Waals surface area contributed by atoms with Crippen LogP contribution in [-0.2, 0) is 14.8 Å². The van der Waals surface area contributed by atoms with Crippen LogP contribution in [0.4, 0.5) is 15.7 Å². The molecule has 1 aliphatic heterocycles. The van der Waals surface area contributed by atoms with Gasteiger partial charge in [-0.2, -0.15) is 4.31 Å². The van der Waals surface area contributed by atoms with Gasteiger partial charge < -0.3 is 10.1 Å². The maximum atomic E-state index is 13.3. The van der Waals surface area contributed by atoms with E-state index in [1.54, 1.807) is 13.0 Å². The highest BCUT2D eigenvalue weighted by Gasteiger charge is 2.32. The maximum absolute atomic E-state index is 13.3. The highest BCUT2D eigenvalue weighted by molar-refractivity contribution is 7.91. The molecule has 0 radical (unpaired) electrons. The molecule has 220 valence electrons. The molecule has 14 heteroatoms. The Balaban J connectivity index is 1.23. The number of benzene rings is 2. The predicted octanol–water partition coefficient (Wildman–Crippen LogP) is 3.86. The fourth-order valence-corrected chi connectivity index (χ4v) is 7.92. The third-order valence-electron chi connectivity index (χ3n) is 6.97. The summed E-state index contributed by atoms with van der Waals surface area (Å²) < 4.78 is 32.8. The fraction of sp³-hybridized carbons (Fsp3) is 0.321. The zero-order valence-electron chi connectivity index (χ0n) is 23.4. The van der Waals surface area contributed by atoms with E-state index in [1.165, 1.54) is 17.7 Å². The number of fused-ring (bicyclic) bond motifs is 1. The molecule has 0 aliphatic carbocycles. The number of thiazole rings is 1. The lowest BCUT2D eigenvalue weighted by molar-refractivity contribution is 0.112. The molecule has 1 unspecified atom stereocenters. The minimum atomic E-state index is -3.75. The van der Waals surface area contributed by atoms with Gasteiger partial charge in [-0.1, -0.05) is 41.7 Å². The van der Waals surface area contributed by atoms with Crippen LogP contribution in [0.1, 0.15) is 23.0 Å². The zero-order valence-corrected chi connectivity index (χ0v) is 25.0. The van der Waals surface area contributed by atoms with Crippen LogP contribution < -0.4 is 10.6 Å². The molecule has 3 heterocycles. The molecule has 0 saturated carbocycles. The molecule has 0 bridgehead atoms. The van der Waals surface area contributed by atoms with Crippen molar-refractivity contribution in [2.75, 3.05) is 50.5 Å². The lowest BCUT2D eigenvalue weighted by Crippen LogP contribution is -2.50. The average Bonchev–Trinajstić information content (AvgIpc) is 3.37. The molecule has 2 aromatic heterocycles. The van der Waals surface area contributed by atoms with Gasteiger partial charge in [0.25, 0.3) is 10.0 Å². The second kappa shape index (κ2) is 12.5. The van der Waals surface area contributed by atoms with Crippen molar-refractivity contribution in [3.05, 3.63) is 60.0 Å². The smallest absolute Gasteiger partial charge is 0.413 e. The quantitative estimate of drug-likeness (QED) is 0.268. The summed E-state index contributed by atoms with van der Waals surface area (Å²) in [6.07, 6.45) is 1.65. The number of rotatable bonds is 9. The summed E-state index contributed by atoms with van der Waals surface area (Å²) in [4.78, 5) is 38.2. The van der Waals surface area contributed by atoms with Crippen LogP contribution in [0.3, 0.4) is 0 Å². The Morgan fingerprint density at radius 3 is 2.64 bits per heavy atom. The van der Waals surface area contributed by atoms with Crippen LogP contribution in [-0.4, -0.2) is 90.8 Å². The summed E-state index contributed by atoms with van der Waals surface area (Å²) >= 11 is 0.915. The minimum absolute atomic E-state index is 0.0176. The summed E-state index contributed by atoms with van der Waals surface area (Å²) in [6, 6.07) is 13.3. The number of aromatic nitrogens is 3. The summed E-state index contributed by atoms with van der Waals surface area (Å²) in [7, 11) is -2.52. The number of aldehydes is 1. The van der Waals surface area contributed by atoms with Crippen LogP contribution in [0, 0.1) is 6.92 Å². The van der Waals surface area contributed by atoms with Gasteiger partial charge in [0.1, 0.15) is 18.4 Å². The molecule has 12 nitrogen and oxygen atoms in total. The number of hydrogen-bond acceptors (Lipinski definition) is 11. The van der Waals surface area contributed by atoms with E-state index in [1.807, 2.05) is 36.4 Å². The number of carbonyl (C=O) groups excluding carboxylic acids is 2. The molecule has 1 aliphatic rings. The van der Waals surface area contributed by atoms with Gasteiger partial charge in [-0.3, -0.25) is 15.0 Å². The van der Waals surface area contributed by atoms with E-state index in [2.05, 4.69) is 42.1 Å². The molecule has 2 aromatic carbocycles. The fourth-order valence-electron chi connectivity index (χ4n) is 4.96. The number of carbonyl (C=O) groups is 2. The zero-order chi connectivity index (χ0) is 29.9. The third kappa shape index (κ3) is 6.26. The normalized spacial score (nSPS) is 15.3. The number of piperazine rings is 1. The molecule has 5 rings (SSSR count). The van der Waals surface area contributed by atoms with Gasteiger partial charge in [0.2, 0.25) is 0 Å². The molecular weight excluding hydrogens is 578 g/mol. The Morgan fingerprint density at radius 1 is 1.14 bits per heavy atom. The molecule has 42 heavy (non-hydrogen) atoms. The van der Waals surface area contributed by atoms with E-state index in [-0.39, 0.29) is 15.4 Å². The number of anilines is 2. The maximum Gasteiger partial charge on any atom is 0.413 e. The lowest BCUT2D eigenvalue weighted by Gasteiger charge is -2.35. The van der Waals surface area contributed by atoms with Crippen molar-refractivity contribution < 1.29 is 22.7 Å². The topological polar surface area (TPSA) is 147 Å². The minimum Gasteiger partial charge on any atom is -0.453 e. The summed E-state index contributed by atoms with van der Waals surface area (Å²) in [5.41, 5.74) is 3.54. The van der Waals surface area contributed by atoms with Crippen molar-refractivity contribution in [2.24, 2.45) is 0 Å². The van der Waals surface area contributed by atoms with Crippen molar-refractivity contribution in [1.82, 2.24) is 24.2 Å². The third-order valence-corrected chi connectivity index (χ3v) is 10.5. The van der Waals surface area contributed by atoms with Crippen LogP contribution in [0.25, 0.3) is 22.0 Å². The predicted molar refractivity (Wildman–Crippen MR) is 162 cm³/mol. The number of hydrogen-bond donors (Lipinski definition) is 2. The second-order valence-corrected chi connectivity index (χ2v) is 13.1. The van der Waals surface area contributed by atoms with Gasteiger partial charge in [0.05, 0.1) is 18.3 Å². The van der Waals surface area contributed by atoms with E-state index < -0.39 is 16.1 Å². The summed E-state index contributed by atoms with van der Waals surface area (Å²) in [5, 5.41) is 6.98. The van der Waals surface area contributed by atoms with Gasteiger partial charge in [0, 0.05) is 55.3 Å². The van der Waals surface area contributed by atoms with Crippen LogP contribution in [0.2, 0.25) is 0 Å². The van der Waals surface area contributed by atoms with Crippen LogP contribution >= 0.6 is 11.3 Å². The number of nitrogens with one attached hydrogen (secondary N) is 2. The molecule has 0 spiro atoms. The van der Waals surface area contributed by atoms with Gasteiger partial charge in [-0.25, -0.2) is 28.2 Å². The molecule has 1 fully saturated rings.